The summed E-state index contributed by atoms with van der Waals surface area (Å²) in [5, 5.41) is 55.1. The van der Waals surface area contributed by atoms with Crippen LogP contribution in [0.15, 0.2) is 195 Å². The lowest BCUT2D eigenvalue weighted by atomic mass is 9.97. The number of aryl methyl sites for hydroxylation is 8. The van der Waals surface area contributed by atoms with Gasteiger partial charge in [-0.1, -0.05) is 94.9 Å². The van der Waals surface area contributed by atoms with Crippen LogP contribution in [0.2, 0.25) is 20.1 Å². The first-order valence-electron chi connectivity index (χ1n) is 40.5. The lowest BCUT2D eigenvalue weighted by molar-refractivity contribution is 0.0820. The van der Waals surface area contributed by atoms with E-state index in [1.54, 1.807) is 157 Å². The molecular weight excluding hydrogens is 1790 g/mol. The van der Waals surface area contributed by atoms with Crippen LogP contribution in [0.5, 0.6) is 0 Å². The minimum Gasteiger partial charge on any atom is -0.366 e. The normalized spacial score (nSPS) is 10.7. The molecule has 0 spiro atoms. The van der Waals surface area contributed by atoms with Crippen LogP contribution in [0.25, 0.3) is 44.5 Å². The molecule has 0 unspecified atom stereocenters. The Morgan fingerprint density at radius 3 is 0.872 bits per heavy atom. The van der Waals surface area contributed by atoms with Gasteiger partial charge in [-0.2, -0.15) is 40.3 Å². The molecule has 0 bridgehead atoms. The molecule has 40 heteroatoms. The highest BCUT2D eigenvalue weighted by atomic mass is 35.5. The molecule has 16 aromatic rings. The van der Waals surface area contributed by atoms with Crippen molar-refractivity contribution in [2.24, 2.45) is 5.73 Å². The molecule has 0 aliphatic carbocycles. The molecule has 0 aliphatic rings. The average Bonchev–Trinajstić information content (AvgIpc) is 1.79. The molecule has 4 amide bonds. The fraction of sp³-hybridized carbons (Fsp3) is 0.140. The number of nitrogens with one attached hydrogen (secondary N) is 13. The van der Waals surface area contributed by atoms with E-state index in [2.05, 4.69) is 129 Å². The van der Waals surface area contributed by atoms with Gasteiger partial charge in [0.1, 0.15) is 43.4 Å². The summed E-state index contributed by atoms with van der Waals surface area (Å²) in [5.74, 6) is 1.35. The Morgan fingerprint density at radius 2 is 0.602 bits per heavy atom. The minimum absolute atomic E-state index is 0.0896. The molecule has 0 fully saturated rings. The fourth-order valence-electron chi connectivity index (χ4n) is 13.2. The van der Waals surface area contributed by atoms with Crippen LogP contribution in [-0.2, 0) is 0 Å². The first kappa shape index (κ1) is 94.7. The molecule has 16 rings (SSSR count). The van der Waals surface area contributed by atoms with Gasteiger partial charge in [0, 0.05) is 105 Å². The summed E-state index contributed by atoms with van der Waals surface area (Å²) in [4.78, 5) is 84.5. The molecule has 8 aromatic carbocycles. The van der Waals surface area contributed by atoms with Crippen molar-refractivity contribution in [3.8, 4) is 44.5 Å². The standard InChI is InChI=1S/2C24H23ClFN7O.C23H21ClFN7O.C22H19ClFN7O/c1-13-9-20(19(26)11-17(13)15-5-7-16(8-6-15)23(34)33(3)4)28-24-27-12-18(25)22(30-24)29-21-10-14(2)31-32-21;1-13-8-20(19(26)11-17(13)15-6-5-7-16(10-15)23(34)33(3)4)28-24-27-12-18(25)22(30-24)29-21-9-14(2)31-32-21;1-12-7-19(18(25)10-16(12)14-5-4-6-15(9-14)22(33)26-3)28-23-27-11-17(24)21(30-23)29-20-8-13(2)31-32-20;1-11-7-18(17(24)9-15(11)13-3-5-14(6-4-13)20(25)32)27-22-26-10-16(23)21(29-22)28-19-8-12(2)30-31-19/h2*5-12H,1-4H3,(H3,27,28,29,30,31,32);4-11H,1-3H3,(H,26,33)(H3,27,28,29,30,31,32);3-10H,1-2H3,(H2,25,32)(H3,26,27,28,29,30,31). The molecule has 0 aliphatic heterocycles. The molecule has 0 radical (unpaired) electrons. The van der Waals surface area contributed by atoms with Crippen molar-refractivity contribution in [3.05, 3.63) is 305 Å². The zero-order valence-electron chi connectivity index (χ0n) is 73.5. The maximum Gasteiger partial charge on any atom is 0.253 e. The number of aromatic nitrogens is 16. The molecule has 15 N–H and O–H groups in total. The second kappa shape index (κ2) is 42.1. The monoisotopic (exact) mass is 1870 g/mol. The number of carbonyl (C=O) groups is 4. The van der Waals surface area contributed by atoms with Gasteiger partial charge in [0.25, 0.3) is 17.7 Å². The summed E-state index contributed by atoms with van der Waals surface area (Å²) in [7, 11) is 8.34. The largest absolute Gasteiger partial charge is 0.366 e. The van der Waals surface area contributed by atoms with Crippen molar-refractivity contribution in [3.63, 3.8) is 0 Å². The van der Waals surface area contributed by atoms with E-state index in [0.717, 1.165) is 72.8 Å². The minimum atomic E-state index is -0.516. The van der Waals surface area contributed by atoms with E-state index >= 15 is 13.2 Å². The number of nitrogens with two attached hydrogens (primary N) is 1. The van der Waals surface area contributed by atoms with Gasteiger partial charge in [0.15, 0.2) is 46.5 Å². The van der Waals surface area contributed by atoms with Gasteiger partial charge in [-0.05, 0) is 219 Å². The number of hydrogen-bond acceptors (Lipinski definition) is 24. The number of halogens is 8. The predicted octanol–water partition coefficient (Wildman–Crippen LogP) is 20.9. The van der Waals surface area contributed by atoms with Crippen LogP contribution in [0.4, 0.5) is 111 Å². The fourth-order valence-corrected chi connectivity index (χ4v) is 13.8. The SMILES string of the molecule is CNC(=O)c1cccc(-c2cc(F)c(Nc3ncc(Cl)c(Nc4cc(C)[nH]n4)n3)cc2C)c1.Cc1cc(Nc2nc(Nc3cc(C)c(-c4ccc(C(=O)N(C)C)cc4)cc3F)ncc2Cl)n[nH]1.Cc1cc(Nc2nc(Nc3cc(C)c(-c4ccc(C(N)=O)cc4)cc3F)ncc2Cl)n[nH]1.Cc1cc(Nc2nc(Nc3cc(C)c(-c4cccc(C(=O)N(C)C)c4)cc3F)ncc2Cl)n[nH]1. The quantitative estimate of drug-likeness (QED) is 0.0250. The molecule has 0 atom stereocenters. The molecule has 0 saturated carbocycles. The summed E-state index contributed by atoms with van der Waals surface area (Å²) in [5.41, 5.74) is 20.8. The van der Waals surface area contributed by atoms with Crippen molar-refractivity contribution in [2.75, 3.05) is 77.8 Å². The van der Waals surface area contributed by atoms with Gasteiger partial charge in [-0.15, -0.1) is 0 Å². The Bertz CT molecular complexity index is 7010. The second-order valence-electron chi connectivity index (χ2n) is 30.6. The van der Waals surface area contributed by atoms with Gasteiger partial charge in [0.05, 0.1) is 47.5 Å². The van der Waals surface area contributed by atoms with Gasteiger partial charge in [-0.25, -0.2) is 37.5 Å². The molecular formula is C93H86Cl4F4N28O4. The highest BCUT2D eigenvalue weighted by Gasteiger charge is 2.22. The summed E-state index contributed by atoms with van der Waals surface area (Å²) in [6.45, 7) is 15.0. The molecule has 32 nitrogen and oxygen atoms in total. The maximum absolute atomic E-state index is 15.1. The van der Waals surface area contributed by atoms with Crippen molar-refractivity contribution >= 4 is 163 Å². The van der Waals surface area contributed by atoms with E-state index < -0.39 is 29.2 Å². The second-order valence-corrected chi connectivity index (χ2v) is 32.2. The zero-order valence-corrected chi connectivity index (χ0v) is 76.5. The van der Waals surface area contributed by atoms with Crippen molar-refractivity contribution in [1.82, 2.24) is 95.8 Å². The number of rotatable bonds is 24. The third-order valence-corrected chi connectivity index (χ3v) is 21.0. The van der Waals surface area contributed by atoms with Gasteiger partial charge in [0.2, 0.25) is 29.7 Å². The van der Waals surface area contributed by atoms with E-state index in [4.69, 9.17) is 52.1 Å². The van der Waals surface area contributed by atoms with E-state index in [9.17, 15) is 23.6 Å². The van der Waals surface area contributed by atoms with Crippen molar-refractivity contribution in [1.29, 1.82) is 0 Å². The van der Waals surface area contributed by atoms with Gasteiger partial charge < -0.3 is 63.4 Å². The molecule has 8 heterocycles. The smallest absolute Gasteiger partial charge is 0.253 e. The summed E-state index contributed by atoms with van der Waals surface area (Å²) < 4.78 is 60.0. The predicted molar refractivity (Wildman–Crippen MR) is 512 cm³/mol. The number of carbonyl (C=O) groups excluding carboxylic acids is 4. The van der Waals surface area contributed by atoms with Crippen molar-refractivity contribution < 1.29 is 36.7 Å². The van der Waals surface area contributed by atoms with Crippen LogP contribution in [0.1, 0.15) is 86.5 Å². The highest BCUT2D eigenvalue weighted by molar-refractivity contribution is 6.34. The van der Waals surface area contributed by atoms with Crippen molar-refractivity contribution in [2.45, 2.75) is 55.4 Å². The Kier molecular flexibility index (Phi) is 30.0. The number of hydrogen-bond donors (Lipinski definition) is 14. The highest BCUT2D eigenvalue weighted by Crippen LogP contribution is 2.38. The number of nitrogens with zero attached hydrogens (tertiary/aromatic N) is 14. The molecule has 133 heavy (non-hydrogen) atoms. The summed E-state index contributed by atoms with van der Waals surface area (Å²) in [6.07, 6.45) is 5.68. The first-order valence-corrected chi connectivity index (χ1v) is 42.0. The molecule has 8 aromatic heterocycles. The number of benzene rings is 8. The van der Waals surface area contributed by atoms with Crippen LogP contribution in [0.3, 0.4) is 0 Å². The molecule has 678 valence electrons. The van der Waals surface area contributed by atoms with E-state index in [0.29, 0.717) is 106 Å². The Balaban J connectivity index is 0.000000151. The number of anilines is 16. The van der Waals surface area contributed by atoms with E-state index in [1.165, 1.54) is 58.9 Å². The van der Waals surface area contributed by atoms with E-state index in [1.807, 2.05) is 79.7 Å². The molecule has 0 saturated heterocycles. The number of aromatic amines is 4. The lowest BCUT2D eigenvalue weighted by Crippen LogP contribution is -2.21. The van der Waals surface area contributed by atoms with E-state index in [-0.39, 0.29) is 64.3 Å². The van der Waals surface area contributed by atoms with Gasteiger partial charge in [-0.3, -0.25) is 39.6 Å². The number of amides is 4. The van der Waals surface area contributed by atoms with Crippen LogP contribution in [0, 0.1) is 78.7 Å². The first-order chi connectivity index (χ1) is 63.5. The van der Waals surface area contributed by atoms with Crippen LogP contribution >= 0.6 is 46.4 Å². The Hall–Kier alpha value is -15.9. The van der Waals surface area contributed by atoms with Crippen LogP contribution < -0.4 is 53.6 Å². The third kappa shape index (κ3) is 24.2. The Labute approximate surface area is 779 Å². The van der Waals surface area contributed by atoms with Gasteiger partial charge >= 0.3 is 0 Å². The topological polar surface area (TPSA) is 427 Å². The number of H-pyrrole nitrogens is 4. The zero-order chi connectivity index (χ0) is 95.2. The Morgan fingerprint density at radius 1 is 0.331 bits per heavy atom. The lowest BCUT2D eigenvalue weighted by Gasteiger charge is -2.14. The summed E-state index contributed by atoms with van der Waals surface area (Å²) >= 11 is 24.8. The maximum atomic E-state index is 15.1. The average molecular weight is 1880 g/mol. The van der Waals surface area contributed by atoms with Crippen LogP contribution in [-0.4, -0.2) is 149 Å². The number of primary amides is 1. The third-order valence-electron chi connectivity index (χ3n) is 19.8. The summed E-state index contributed by atoms with van der Waals surface area (Å²) in [6, 6.07) is 47.5.